The first-order valence-electron chi connectivity index (χ1n) is 7.56. The lowest BCUT2D eigenvalue weighted by Gasteiger charge is -2.36. The number of carbonyl (C=O) groups excluding carboxylic acids is 1. The Kier molecular flexibility index (Phi) is 6.22. The first kappa shape index (κ1) is 15.7. The number of amides is 1. The number of likely N-dealkylation sites (tertiary alicyclic amines) is 1. The van der Waals surface area contributed by atoms with Crippen molar-refractivity contribution in [2.45, 2.75) is 18.9 Å². The molecular formula is C14H27N3O3. The fourth-order valence-corrected chi connectivity index (χ4v) is 2.99. The Bertz CT molecular complexity index is 296. The van der Waals surface area contributed by atoms with Crippen LogP contribution >= 0.6 is 0 Å². The Morgan fingerprint density at radius 1 is 1.30 bits per heavy atom. The monoisotopic (exact) mass is 285 g/mol. The molecule has 2 heterocycles. The second kappa shape index (κ2) is 7.93. The van der Waals surface area contributed by atoms with Gasteiger partial charge in [0, 0.05) is 46.4 Å². The molecular weight excluding hydrogens is 258 g/mol. The number of methoxy groups -OCH3 is 1. The van der Waals surface area contributed by atoms with Gasteiger partial charge in [-0.3, -0.25) is 9.69 Å². The average Bonchev–Trinajstić information content (AvgIpc) is 2.50. The Hall–Kier alpha value is -0.690. The molecule has 2 aliphatic rings. The summed E-state index contributed by atoms with van der Waals surface area (Å²) >= 11 is 0. The zero-order valence-corrected chi connectivity index (χ0v) is 12.4. The van der Waals surface area contributed by atoms with Crippen LogP contribution < -0.4 is 5.73 Å². The minimum Gasteiger partial charge on any atom is -0.379 e. The van der Waals surface area contributed by atoms with Gasteiger partial charge in [-0.2, -0.15) is 0 Å². The third-order valence-corrected chi connectivity index (χ3v) is 4.32. The highest BCUT2D eigenvalue weighted by atomic mass is 16.5. The Morgan fingerprint density at radius 2 is 1.95 bits per heavy atom. The zero-order chi connectivity index (χ0) is 14.4. The van der Waals surface area contributed by atoms with E-state index in [1.54, 1.807) is 7.11 Å². The molecule has 0 aromatic rings. The normalized spacial score (nSPS) is 23.8. The molecule has 2 N–H and O–H groups in total. The van der Waals surface area contributed by atoms with Gasteiger partial charge in [0.15, 0.2) is 0 Å². The van der Waals surface area contributed by atoms with E-state index < -0.39 is 6.10 Å². The van der Waals surface area contributed by atoms with Crippen molar-refractivity contribution >= 4 is 5.91 Å². The van der Waals surface area contributed by atoms with Gasteiger partial charge in [0.2, 0.25) is 0 Å². The first-order chi connectivity index (χ1) is 9.74. The molecule has 0 aromatic heterocycles. The fraction of sp³-hybridized carbons (Fsp3) is 0.929. The number of nitrogens with two attached hydrogens (primary N) is 1. The molecule has 116 valence electrons. The van der Waals surface area contributed by atoms with Crippen molar-refractivity contribution in [2.75, 3.05) is 59.6 Å². The number of hydrogen-bond donors (Lipinski definition) is 1. The second-order valence-corrected chi connectivity index (χ2v) is 5.64. The van der Waals surface area contributed by atoms with Crippen molar-refractivity contribution in [2.24, 2.45) is 11.7 Å². The quantitative estimate of drug-likeness (QED) is 0.740. The van der Waals surface area contributed by atoms with Crippen LogP contribution in [0.4, 0.5) is 0 Å². The van der Waals surface area contributed by atoms with Crippen molar-refractivity contribution in [1.82, 2.24) is 9.80 Å². The summed E-state index contributed by atoms with van der Waals surface area (Å²) < 4.78 is 10.5. The van der Waals surface area contributed by atoms with Gasteiger partial charge in [-0.1, -0.05) is 0 Å². The lowest BCUT2D eigenvalue weighted by Crippen LogP contribution is -2.48. The second-order valence-electron chi connectivity index (χ2n) is 5.64. The van der Waals surface area contributed by atoms with Crippen molar-refractivity contribution in [3.63, 3.8) is 0 Å². The average molecular weight is 285 g/mol. The van der Waals surface area contributed by atoms with E-state index in [1.165, 1.54) is 0 Å². The van der Waals surface area contributed by atoms with Crippen LogP contribution in [-0.4, -0.2) is 81.4 Å². The maximum absolute atomic E-state index is 12.2. The van der Waals surface area contributed by atoms with Gasteiger partial charge in [-0.05, 0) is 18.8 Å². The van der Waals surface area contributed by atoms with Gasteiger partial charge >= 0.3 is 0 Å². The molecule has 6 heteroatoms. The van der Waals surface area contributed by atoms with E-state index in [0.29, 0.717) is 5.92 Å². The first-order valence-corrected chi connectivity index (χ1v) is 7.56. The molecule has 0 aromatic carbocycles. The van der Waals surface area contributed by atoms with Crippen LogP contribution in [0.3, 0.4) is 0 Å². The van der Waals surface area contributed by atoms with Crippen LogP contribution in [-0.2, 0) is 14.3 Å². The lowest BCUT2D eigenvalue weighted by molar-refractivity contribution is -0.142. The number of carbonyl (C=O) groups is 1. The molecule has 0 saturated carbocycles. The molecule has 0 radical (unpaired) electrons. The molecule has 6 nitrogen and oxygen atoms in total. The number of morpholine rings is 1. The minimum absolute atomic E-state index is 0.0415. The van der Waals surface area contributed by atoms with Crippen LogP contribution in [0.2, 0.25) is 0 Å². The van der Waals surface area contributed by atoms with Gasteiger partial charge in [-0.15, -0.1) is 0 Å². The molecule has 2 rings (SSSR count). The molecule has 0 spiro atoms. The number of nitrogens with zero attached hydrogens (tertiary/aromatic N) is 2. The molecule has 1 unspecified atom stereocenters. The summed E-state index contributed by atoms with van der Waals surface area (Å²) in [4.78, 5) is 16.5. The van der Waals surface area contributed by atoms with Crippen LogP contribution in [0.15, 0.2) is 0 Å². The maximum atomic E-state index is 12.2. The van der Waals surface area contributed by atoms with Crippen LogP contribution in [0.1, 0.15) is 12.8 Å². The van der Waals surface area contributed by atoms with Crippen molar-refractivity contribution in [3.8, 4) is 0 Å². The highest BCUT2D eigenvalue weighted by Gasteiger charge is 2.28. The van der Waals surface area contributed by atoms with E-state index in [1.807, 2.05) is 4.90 Å². The lowest BCUT2D eigenvalue weighted by atomic mass is 9.95. The smallest absolute Gasteiger partial charge is 0.253 e. The predicted octanol–water partition coefficient (Wildman–Crippen LogP) is -0.469. The van der Waals surface area contributed by atoms with E-state index in [9.17, 15) is 4.79 Å². The third kappa shape index (κ3) is 4.15. The van der Waals surface area contributed by atoms with Crippen molar-refractivity contribution in [3.05, 3.63) is 0 Å². The topological polar surface area (TPSA) is 68.0 Å². The maximum Gasteiger partial charge on any atom is 0.253 e. The number of piperidine rings is 1. The van der Waals surface area contributed by atoms with Gasteiger partial charge in [0.25, 0.3) is 5.91 Å². The Labute approximate surface area is 121 Å². The Morgan fingerprint density at radius 3 is 2.50 bits per heavy atom. The number of rotatable bonds is 5. The molecule has 2 aliphatic heterocycles. The van der Waals surface area contributed by atoms with Crippen LogP contribution in [0.25, 0.3) is 0 Å². The summed E-state index contributed by atoms with van der Waals surface area (Å²) in [5.74, 6) is 0.732. The molecule has 2 saturated heterocycles. The zero-order valence-electron chi connectivity index (χ0n) is 12.4. The summed E-state index contributed by atoms with van der Waals surface area (Å²) in [5, 5.41) is 0. The number of hydrogen-bond acceptors (Lipinski definition) is 5. The van der Waals surface area contributed by atoms with E-state index >= 15 is 0 Å². The van der Waals surface area contributed by atoms with Gasteiger partial charge in [-0.25, -0.2) is 0 Å². The molecule has 20 heavy (non-hydrogen) atoms. The van der Waals surface area contributed by atoms with E-state index in [4.69, 9.17) is 15.2 Å². The SMILES string of the molecule is COC(CN)C(=O)N1CCC(CN2CCOCC2)CC1. The fourth-order valence-electron chi connectivity index (χ4n) is 2.99. The van der Waals surface area contributed by atoms with Crippen LogP contribution in [0, 0.1) is 5.92 Å². The standard InChI is InChI=1S/C14H27N3O3/c1-19-13(10-15)14(18)17-4-2-12(3-5-17)11-16-6-8-20-9-7-16/h12-13H,2-11,15H2,1H3. The summed E-state index contributed by atoms with van der Waals surface area (Å²) in [6.07, 6.45) is 1.67. The van der Waals surface area contributed by atoms with Gasteiger partial charge in [0.1, 0.15) is 6.10 Å². The summed E-state index contributed by atoms with van der Waals surface area (Å²) in [6.45, 7) is 6.82. The Balaban J connectivity index is 1.72. The molecule has 0 aliphatic carbocycles. The molecule has 1 amide bonds. The van der Waals surface area contributed by atoms with E-state index in [0.717, 1.165) is 58.8 Å². The summed E-state index contributed by atoms with van der Waals surface area (Å²) in [5.41, 5.74) is 5.55. The highest BCUT2D eigenvalue weighted by Crippen LogP contribution is 2.19. The molecule has 1 atom stereocenters. The summed E-state index contributed by atoms with van der Waals surface area (Å²) in [6, 6.07) is 0. The molecule has 2 fully saturated rings. The largest absolute Gasteiger partial charge is 0.379 e. The van der Waals surface area contributed by atoms with Crippen LogP contribution in [0.5, 0.6) is 0 Å². The van der Waals surface area contributed by atoms with Crippen molar-refractivity contribution in [1.29, 1.82) is 0 Å². The van der Waals surface area contributed by atoms with Gasteiger partial charge in [0.05, 0.1) is 13.2 Å². The number of ether oxygens (including phenoxy) is 2. The minimum atomic E-state index is -0.481. The predicted molar refractivity (Wildman–Crippen MR) is 76.4 cm³/mol. The van der Waals surface area contributed by atoms with Gasteiger partial charge < -0.3 is 20.1 Å². The van der Waals surface area contributed by atoms with Crippen molar-refractivity contribution < 1.29 is 14.3 Å². The third-order valence-electron chi connectivity index (χ3n) is 4.32. The molecule has 0 bridgehead atoms. The van der Waals surface area contributed by atoms with E-state index in [2.05, 4.69) is 4.90 Å². The highest BCUT2D eigenvalue weighted by molar-refractivity contribution is 5.81. The van der Waals surface area contributed by atoms with E-state index in [-0.39, 0.29) is 12.5 Å². The summed E-state index contributed by atoms with van der Waals surface area (Å²) in [7, 11) is 1.54.